The predicted molar refractivity (Wildman–Crippen MR) is 88.9 cm³/mol. The first-order valence-corrected chi connectivity index (χ1v) is 7.10. The third kappa shape index (κ3) is 3.16. The lowest BCUT2D eigenvalue weighted by Gasteiger charge is -2.12. The van der Waals surface area contributed by atoms with E-state index in [1.54, 1.807) is 48.5 Å². The average molecular weight is 305 g/mol. The molecule has 4 nitrogen and oxygen atoms in total. The molecular formula is C19H15NO3. The molecule has 0 bridgehead atoms. The summed E-state index contributed by atoms with van der Waals surface area (Å²) in [5, 5.41) is 9.91. The number of rotatable bonds is 4. The van der Waals surface area contributed by atoms with E-state index in [-0.39, 0.29) is 17.3 Å². The summed E-state index contributed by atoms with van der Waals surface area (Å²) in [6, 6.07) is 20.5. The van der Waals surface area contributed by atoms with Gasteiger partial charge in [-0.05, 0) is 24.3 Å². The van der Waals surface area contributed by atoms with Crippen LogP contribution in [0.5, 0.6) is 17.2 Å². The number of hydrogen-bond donors (Lipinski definition) is 2. The summed E-state index contributed by atoms with van der Waals surface area (Å²) in [6.07, 6.45) is 0. The molecule has 0 spiro atoms. The Balaban J connectivity index is 1.97. The van der Waals surface area contributed by atoms with E-state index in [0.29, 0.717) is 22.6 Å². The smallest absolute Gasteiger partial charge is 0.196 e. The second-order valence-corrected chi connectivity index (χ2v) is 5.02. The lowest BCUT2D eigenvalue weighted by Crippen LogP contribution is -2.03. The van der Waals surface area contributed by atoms with Crippen molar-refractivity contribution in [3.8, 4) is 17.2 Å². The van der Waals surface area contributed by atoms with Crippen molar-refractivity contribution in [2.45, 2.75) is 0 Å². The van der Waals surface area contributed by atoms with E-state index in [1.807, 2.05) is 18.2 Å². The number of aromatic hydroxyl groups is 1. The van der Waals surface area contributed by atoms with E-state index in [4.69, 9.17) is 10.5 Å². The molecule has 0 aliphatic carbocycles. The zero-order valence-electron chi connectivity index (χ0n) is 12.3. The minimum Gasteiger partial charge on any atom is -0.504 e. The van der Waals surface area contributed by atoms with Gasteiger partial charge in [-0.1, -0.05) is 42.5 Å². The topological polar surface area (TPSA) is 72.5 Å². The molecule has 3 aromatic rings. The van der Waals surface area contributed by atoms with Crippen LogP contribution in [0, 0.1) is 0 Å². The van der Waals surface area contributed by atoms with Crippen molar-refractivity contribution in [1.29, 1.82) is 0 Å². The molecular weight excluding hydrogens is 290 g/mol. The molecule has 23 heavy (non-hydrogen) atoms. The zero-order valence-corrected chi connectivity index (χ0v) is 12.3. The highest BCUT2D eigenvalue weighted by molar-refractivity contribution is 6.10. The summed E-state index contributed by atoms with van der Waals surface area (Å²) in [4.78, 5) is 12.6. The Hall–Kier alpha value is -3.27. The Morgan fingerprint density at radius 3 is 2.30 bits per heavy atom. The number of hydrogen-bond acceptors (Lipinski definition) is 4. The minimum atomic E-state index is -0.142. The van der Waals surface area contributed by atoms with Gasteiger partial charge in [-0.25, -0.2) is 0 Å². The van der Waals surface area contributed by atoms with Crippen LogP contribution in [0.2, 0.25) is 0 Å². The molecule has 0 saturated carbocycles. The third-order valence-corrected chi connectivity index (χ3v) is 3.37. The molecule has 0 heterocycles. The van der Waals surface area contributed by atoms with Crippen molar-refractivity contribution in [2.75, 3.05) is 5.73 Å². The number of phenols is 1. The fraction of sp³-hybridized carbons (Fsp3) is 0. The summed E-state index contributed by atoms with van der Waals surface area (Å²) in [6.45, 7) is 0. The van der Waals surface area contributed by atoms with Crippen molar-refractivity contribution in [3.63, 3.8) is 0 Å². The Kier molecular flexibility index (Phi) is 3.97. The fourth-order valence-electron chi connectivity index (χ4n) is 2.23. The molecule has 0 amide bonds. The van der Waals surface area contributed by atoms with Crippen LogP contribution in [0.3, 0.4) is 0 Å². The van der Waals surface area contributed by atoms with E-state index in [1.165, 1.54) is 6.07 Å². The highest BCUT2D eigenvalue weighted by atomic mass is 16.5. The van der Waals surface area contributed by atoms with Gasteiger partial charge in [0.2, 0.25) is 0 Å². The molecule has 3 rings (SSSR count). The highest BCUT2D eigenvalue weighted by Crippen LogP contribution is 2.34. The zero-order chi connectivity index (χ0) is 16.2. The van der Waals surface area contributed by atoms with Crippen LogP contribution in [0.4, 0.5) is 5.69 Å². The third-order valence-electron chi connectivity index (χ3n) is 3.37. The molecule has 114 valence electrons. The average Bonchev–Trinajstić information content (AvgIpc) is 2.58. The first-order valence-electron chi connectivity index (χ1n) is 7.10. The van der Waals surface area contributed by atoms with Crippen molar-refractivity contribution >= 4 is 11.5 Å². The van der Waals surface area contributed by atoms with Crippen molar-refractivity contribution < 1.29 is 14.6 Å². The number of ether oxygens (including phenoxy) is 1. The Morgan fingerprint density at radius 1 is 0.870 bits per heavy atom. The fourth-order valence-corrected chi connectivity index (χ4v) is 2.23. The molecule has 4 heteroatoms. The van der Waals surface area contributed by atoms with Gasteiger partial charge >= 0.3 is 0 Å². The standard InChI is InChI=1S/C19H15NO3/c20-14-10-11-18(16(21)12-14)23-17-9-5-4-8-15(17)19(22)13-6-2-1-3-7-13/h1-12,21H,20H2. The van der Waals surface area contributed by atoms with Gasteiger partial charge in [-0.15, -0.1) is 0 Å². The van der Waals surface area contributed by atoms with Gasteiger partial charge in [0.1, 0.15) is 5.75 Å². The van der Waals surface area contributed by atoms with Gasteiger partial charge in [0.25, 0.3) is 0 Å². The largest absolute Gasteiger partial charge is 0.504 e. The molecule has 0 aliphatic heterocycles. The maximum absolute atomic E-state index is 12.6. The maximum Gasteiger partial charge on any atom is 0.196 e. The lowest BCUT2D eigenvalue weighted by atomic mass is 10.0. The van der Waals surface area contributed by atoms with Gasteiger partial charge in [0, 0.05) is 17.3 Å². The van der Waals surface area contributed by atoms with Crippen molar-refractivity contribution in [2.24, 2.45) is 0 Å². The monoisotopic (exact) mass is 305 g/mol. The Labute approximate surface area is 133 Å². The molecule has 0 aromatic heterocycles. The molecule has 0 fully saturated rings. The molecule has 0 aliphatic rings. The summed E-state index contributed by atoms with van der Waals surface area (Å²) in [5.41, 5.74) is 7.04. The van der Waals surface area contributed by atoms with Crippen molar-refractivity contribution in [1.82, 2.24) is 0 Å². The summed E-state index contributed by atoms with van der Waals surface area (Å²) in [7, 11) is 0. The number of carbonyl (C=O) groups excluding carboxylic acids is 1. The van der Waals surface area contributed by atoms with Crippen LogP contribution in [0.15, 0.2) is 72.8 Å². The van der Waals surface area contributed by atoms with Crippen molar-refractivity contribution in [3.05, 3.63) is 83.9 Å². The molecule has 0 unspecified atom stereocenters. The Morgan fingerprint density at radius 2 is 1.57 bits per heavy atom. The minimum absolute atomic E-state index is 0.0769. The quantitative estimate of drug-likeness (QED) is 0.564. The van der Waals surface area contributed by atoms with Gasteiger partial charge in [0.05, 0.1) is 5.56 Å². The van der Waals surface area contributed by atoms with Crippen LogP contribution < -0.4 is 10.5 Å². The predicted octanol–water partition coefficient (Wildman–Crippen LogP) is 4.00. The lowest BCUT2D eigenvalue weighted by molar-refractivity contribution is 0.103. The van der Waals surface area contributed by atoms with E-state index in [2.05, 4.69) is 0 Å². The molecule has 0 radical (unpaired) electrons. The maximum atomic E-state index is 12.6. The van der Waals surface area contributed by atoms with Crippen LogP contribution >= 0.6 is 0 Å². The number of nitrogens with two attached hydrogens (primary N) is 1. The second kappa shape index (κ2) is 6.23. The van der Waals surface area contributed by atoms with Crippen LogP contribution in [-0.4, -0.2) is 10.9 Å². The van der Waals surface area contributed by atoms with Gasteiger partial charge in [-0.2, -0.15) is 0 Å². The van der Waals surface area contributed by atoms with Crippen LogP contribution in [0.25, 0.3) is 0 Å². The van der Waals surface area contributed by atoms with E-state index in [9.17, 15) is 9.90 Å². The SMILES string of the molecule is Nc1ccc(Oc2ccccc2C(=O)c2ccccc2)c(O)c1. The highest BCUT2D eigenvalue weighted by Gasteiger charge is 2.15. The molecule has 3 aromatic carbocycles. The van der Waals surface area contributed by atoms with Gasteiger partial charge in [-0.3, -0.25) is 4.79 Å². The van der Waals surface area contributed by atoms with Crippen LogP contribution in [-0.2, 0) is 0 Å². The summed E-state index contributed by atoms with van der Waals surface area (Å²) < 4.78 is 5.71. The summed E-state index contributed by atoms with van der Waals surface area (Å²) >= 11 is 0. The number of phenolic OH excluding ortho intramolecular Hbond substituents is 1. The number of anilines is 1. The molecule has 0 atom stereocenters. The first kappa shape index (κ1) is 14.7. The second-order valence-electron chi connectivity index (χ2n) is 5.02. The number of ketones is 1. The van der Waals surface area contributed by atoms with Gasteiger partial charge < -0.3 is 15.6 Å². The molecule has 3 N–H and O–H groups in total. The van der Waals surface area contributed by atoms with E-state index >= 15 is 0 Å². The number of nitrogen functional groups attached to an aromatic ring is 1. The van der Waals surface area contributed by atoms with E-state index in [0.717, 1.165) is 0 Å². The Bertz CT molecular complexity index is 844. The van der Waals surface area contributed by atoms with Gasteiger partial charge in [0.15, 0.2) is 17.3 Å². The summed E-state index contributed by atoms with van der Waals surface area (Å²) in [5.74, 6) is 0.400. The number of para-hydroxylation sites is 1. The molecule has 0 saturated heterocycles. The number of benzene rings is 3. The van der Waals surface area contributed by atoms with E-state index < -0.39 is 0 Å². The van der Waals surface area contributed by atoms with Crippen LogP contribution in [0.1, 0.15) is 15.9 Å². The first-order chi connectivity index (χ1) is 11.1. The normalized spacial score (nSPS) is 10.3. The number of carbonyl (C=O) groups is 1.